The molecule has 0 radical (unpaired) electrons. The molecule has 42 heavy (non-hydrogen) atoms. The second-order valence-corrected chi connectivity index (χ2v) is 11.2. The van der Waals surface area contributed by atoms with Gasteiger partial charge in [-0.3, -0.25) is 4.79 Å². The molecule has 9 nitrogen and oxygen atoms in total. The summed E-state index contributed by atoms with van der Waals surface area (Å²) in [5.41, 5.74) is 2.51. The Balaban J connectivity index is 0.00000405. The van der Waals surface area contributed by atoms with Crippen LogP contribution in [-0.4, -0.2) is 65.4 Å². The first-order valence-corrected chi connectivity index (χ1v) is 14.4. The predicted molar refractivity (Wildman–Crippen MR) is 164 cm³/mol. The smallest absolute Gasteiger partial charge is 0.274 e. The molecule has 0 N–H and O–H groups in total. The fourth-order valence-corrected chi connectivity index (χ4v) is 6.20. The van der Waals surface area contributed by atoms with Crippen LogP contribution in [0.1, 0.15) is 24.0 Å². The van der Waals surface area contributed by atoms with Crippen LogP contribution >= 0.6 is 24.2 Å². The molecule has 1 atom stereocenters. The first-order chi connectivity index (χ1) is 19.9. The summed E-state index contributed by atoms with van der Waals surface area (Å²) < 4.78 is 23.6. The van der Waals surface area contributed by atoms with Crippen molar-refractivity contribution in [1.29, 1.82) is 0 Å². The molecular weight excluding hydrogens is 580 g/mol. The fraction of sp³-hybridized carbons (Fsp3) is 0.387. The quantitative estimate of drug-likeness (QED) is 0.178. The summed E-state index contributed by atoms with van der Waals surface area (Å²) in [7, 11) is 7.01. The Bertz CT molecular complexity index is 1380. The van der Waals surface area contributed by atoms with Gasteiger partial charge in [-0.15, -0.1) is 12.4 Å². The van der Waals surface area contributed by atoms with E-state index in [1.807, 2.05) is 60.7 Å². The highest BCUT2D eigenvalue weighted by molar-refractivity contribution is 8.01. The zero-order valence-corrected chi connectivity index (χ0v) is 25.9. The third-order valence-corrected chi connectivity index (χ3v) is 8.64. The van der Waals surface area contributed by atoms with E-state index in [4.69, 9.17) is 28.7 Å². The molecule has 0 saturated carbocycles. The van der Waals surface area contributed by atoms with E-state index in [9.17, 15) is 4.79 Å². The van der Waals surface area contributed by atoms with Crippen LogP contribution in [0.25, 0.3) is 0 Å². The highest BCUT2D eigenvalue weighted by atomic mass is 35.5. The molecule has 226 valence electrons. The summed E-state index contributed by atoms with van der Waals surface area (Å²) in [5, 5.41) is 0. The molecule has 2 aliphatic rings. The van der Waals surface area contributed by atoms with Gasteiger partial charge in [0.25, 0.3) is 5.91 Å². The van der Waals surface area contributed by atoms with Crippen LogP contribution in [0.4, 0.5) is 5.69 Å². The Morgan fingerprint density at radius 2 is 1.79 bits per heavy atom. The van der Waals surface area contributed by atoms with Crippen molar-refractivity contribution < 1.29 is 33.5 Å². The lowest BCUT2D eigenvalue weighted by Crippen LogP contribution is -2.47. The predicted octanol–water partition coefficient (Wildman–Crippen LogP) is 5.68. The van der Waals surface area contributed by atoms with Gasteiger partial charge in [0, 0.05) is 42.8 Å². The minimum Gasteiger partial charge on any atom is -0.497 e. The second kappa shape index (κ2) is 14.3. The van der Waals surface area contributed by atoms with E-state index in [0.29, 0.717) is 36.9 Å². The van der Waals surface area contributed by atoms with E-state index in [1.54, 1.807) is 26.2 Å². The summed E-state index contributed by atoms with van der Waals surface area (Å²) in [6.45, 7) is 3.25. The number of para-hydroxylation sites is 1. The maximum absolute atomic E-state index is 13.7. The van der Waals surface area contributed by atoms with Crippen LogP contribution in [0.3, 0.4) is 0 Å². The molecule has 0 saturated heterocycles. The number of unbranched alkanes of at least 4 members (excludes halogenated alkanes) is 1. The molecule has 1 unspecified atom stereocenters. The number of carbonyl (C=O) groups excluding carboxylic acids is 1. The summed E-state index contributed by atoms with van der Waals surface area (Å²) in [4.78, 5) is 27.4. The standard InChI is InChI=1S/C31H36N2O7S.ClH/c1-32(16-18-37-24-12-11-22-21-39-40-28(22)20-24)15-7-8-17-38-27-14-13-23(35-3)19-25(27)31(36-4)30(34)33(2)26-9-5-6-10-29(26)41-31;/h5-6,9-14,19-20H,7-8,15-18,21H2,1-4H3;1H. The molecule has 0 aromatic heterocycles. The normalized spacial score (nSPS) is 17.3. The number of likely N-dealkylation sites (N-methyl/N-ethyl adjacent to an activating group) is 2. The SMILES string of the molecule is COc1ccc(OCCCCN(C)CCOc2ccc3c(c2)OOC3)c(C2(OC)Sc3ccccc3N(C)C2=O)c1.Cl. The number of ether oxygens (including phenoxy) is 4. The maximum atomic E-state index is 13.7. The van der Waals surface area contributed by atoms with Crippen molar-refractivity contribution in [1.82, 2.24) is 4.90 Å². The molecule has 2 heterocycles. The van der Waals surface area contributed by atoms with E-state index in [-0.39, 0.29) is 18.3 Å². The van der Waals surface area contributed by atoms with Gasteiger partial charge in [0.1, 0.15) is 30.5 Å². The van der Waals surface area contributed by atoms with Crippen LogP contribution in [0, 0.1) is 0 Å². The minimum atomic E-state index is -1.30. The lowest BCUT2D eigenvalue weighted by Gasteiger charge is -2.40. The van der Waals surface area contributed by atoms with Crippen LogP contribution in [0.5, 0.6) is 23.0 Å². The summed E-state index contributed by atoms with van der Waals surface area (Å²) in [6.07, 6.45) is 1.80. The zero-order valence-electron chi connectivity index (χ0n) is 24.3. The number of nitrogens with zero attached hydrogens (tertiary/aromatic N) is 2. The molecule has 0 fully saturated rings. The molecular formula is C31H37ClN2O7S. The van der Waals surface area contributed by atoms with Gasteiger partial charge in [0.2, 0.25) is 4.93 Å². The average molecular weight is 617 g/mol. The number of methoxy groups -OCH3 is 2. The third-order valence-electron chi connectivity index (χ3n) is 7.23. The molecule has 0 bridgehead atoms. The molecule has 5 rings (SSSR count). The fourth-order valence-electron chi connectivity index (χ4n) is 4.85. The highest BCUT2D eigenvalue weighted by Crippen LogP contribution is 2.53. The van der Waals surface area contributed by atoms with Gasteiger partial charge >= 0.3 is 0 Å². The summed E-state index contributed by atoms with van der Waals surface area (Å²) in [6, 6.07) is 19.1. The van der Waals surface area contributed by atoms with Crippen molar-refractivity contribution in [3.63, 3.8) is 0 Å². The number of rotatable bonds is 13. The number of hydrogen-bond donors (Lipinski definition) is 0. The molecule has 3 aromatic rings. The van der Waals surface area contributed by atoms with Gasteiger partial charge in [-0.1, -0.05) is 23.9 Å². The molecule has 11 heteroatoms. The van der Waals surface area contributed by atoms with Crippen LogP contribution in [0.2, 0.25) is 0 Å². The maximum Gasteiger partial charge on any atom is 0.274 e. The van der Waals surface area contributed by atoms with Crippen molar-refractivity contribution in [2.45, 2.75) is 29.3 Å². The second-order valence-electron chi connectivity index (χ2n) is 9.94. The van der Waals surface area contributed by atoms with Gasteiger partial charge in [-0.2, -0.15) is 4.89 Å². The van der Waals surface area contributed by atoms with Gasteiger partial charge < -0.3 is 33.6 Å². The first-order valence-electron chi connectivity index (χ1n) is 13.6. The number of fused-ring (bicyclic) bond motifs is 2. The minimum absolute atomic E-state index is 0. The number of halogens is 1. The van der Waals surface area contributed by atoms with Crippen LogP contribution < -0.4 is 24.0 Å². The Morgan fingerprint density at radius 3 is 2.60 bits per heavy atom. The van der Waals surface area contributed by atoms with Crippen LogP contribution in [0.15, 0.2) is 65.6 Å². The monoisotopic (exact) mass is 616 g/mol. The zero-order chi connectivity index (χ0) is 28.8. The number of amides is 1. The topological polar surface area (TPSA) is 78.9 Å². The molecule has 1 amide bonds. The first kappa shape index (κ1) is 31.8. The number of thioether (sulfide) groups is 1. The van der Waals surface area contributed by atoms with Crippen molar-refractivity contribution in [2.24, 2.45) is 0 Å². The molecule has 3 aromatic carbocycles. The summed E-state index contributed by atoms with van der Waals surface area (Å²) >= 11 is 1.38. The lowest BCUT2D eigenvalue weighted by atomic mass is 10.0. The third kappa shape index (κ3) is 6.74. The van der Waals surface area contributed by atoms with E-state index < -0.39 is 4.93 Å². The Labute approximate surface area is 257 Å². The van der Waals surface area contributed by atoms with Gasteiger partial charge in [0.15, 0.2) is 5.75 Å². The lowest BCUT2D eigenvalue weighted by molar-refractivity contribution is -0.194. The Kier molecular flexibility index (Phi) is 10.9. The van der Waals surface area contributed by atoms with E-state index in [0.717, 1.165) is 53.6 Å². The van der Waals surface area contributed by atoms with Crippen molar-refractivity contribution >= 4 is 35.8 Å². The van der Waals surface area contributed by atoms with Gasteiger partial charge in [0.05, 0.1) is 19.4 Å². The van der Waals surface area contributed by atoms with Crippen molar-refractivity contribution in [2.75, 3.05) is 59.5 Å². The van der Waals surface area contributed by atoms with Crippen molar-refractivity contribution in [3.8, 4) is 23.0 Å². The van der Waals surface area contributed by atoms with Gasteiger partial charge in [-0.05, 0) is 68.9 Å². The highest BCUT2D eigenvalue weighted by Gasteiger charge is 2.50. The Hall–Kier alpha value is -3.15. The number of hydrogen-bond acceptors (Lipinski definition) is 9. The summed E-state index contributed by atoms with van der Waals surface area (Å²) in [5.74, 6) is 2.54. The van der Waals surface area contributed by atoms with E-state index in [2.05, 4.69) is 11.9 Å². The van der Waals surface area contributed by atoms with E-state index in [1.165, 1.54) is 11.8 Å². The van der Waals surface area contributed by atoms with Gasteiger partial charge in [-0.25, -0.2) is 0 Å². The molecule has 2 aliphatic heterocycles. The van der Waals surface area contributed by atoms with E-state index >= 15 is 0 Å². The molecule has 0 aliphatic carbocycles. The largest absolute Gasteiger partial charge is 0.497 e. The number of carbonyl (C=O) groups is 1. The molecule has 0 spiro atoms. The average Bonchev–Trinajstić information content (AvgIpc) is 3.47. The number of anilines is 1. The Morgan fingerprint density at radius 1 is 0.976 bits per heavy atom. The van der Waals surface area contributed by atoms with Crippen molar-refractivity contribution in [3.05, 3.63) is 71.8 Å². The van der Waals surface area contributed by atoms with Crippen LogP contribution in [-0.2, 0) is 26.0 Å². The number of benzene rings is 3.